The molecule has 0 fully saturated rings. The summed E-state index contributed by atoms with van der Waals surface area (Å²) >= 11 is 0. The second-order valence-electron chi connectivity index (χ2n) is 7.12. The Labute approximate surface area is 170 Å². The van der Waals surface area contributed by atoms with Gasteiger partial charge in [-0.15, -0.1) is 0 Å². The molecule has 3 aromatic rings. The molecule has 0 bridgehead atoms. The Morgan fingerprint density at radius 3 is 2.48 bits per heavy atom. The quantitative estimate of drug-likeness (QED) is 0.664. The molecule has 29 heavy (non-hydrogen) atoms. The maximum absolute atomic E-state index is 12.8. The lowest BCUT2D eigenvalue weighted by atomic mass is 9.87. The summed E-state index contributed by atoms with van der Waals surface area (Å²) in [6.45, 7) is 0. The molecule has 1 atom stereocenters. The van der Waals surface area contributed by atoms with E-state index in [1.807, 2.05) is 12.1 Å². The van der Waals surface area contributed by atoms with Crippen LogP contribution in [-0.2, 0) is 16.4 Å². The van der Waals surface area contributed by atoms with Crippen LogP contribution in [0.2, 0.25) is 0 Å². The molecular weight excluding hydrogens is 384 g/mol. The average Bonchev–Trinajstić information content (AvgIpc) is 2.74. The number of nitrogens with one attached hydrogen (secondary N) is 2. The zero-order chi connectivity index (χ0) is 20.3. The highest BCUT2D eigenvalue weighted by molar-refractivity contribution is 7.92. The molecule has 6 heteroatoms. The van der Waals surface area contributed by atoms with Crippen molar-refractivity contribution in [3.05, 3.63) is 95.6 Å². The molecule has 0 radical (unpaired) electrons. The van der Waals surface area contributed by atoms with Gasteiger partial charge in [0.05, 0.1) is 10.9 Å². The molecule has 2 N–H and O–H groups in total. The van der Waals surface area contributed by atoms with Crippen molar-refractivity contribution in [3.63, 3.8) is 0 Å². The molecule has 4 rings (SSSR count). The lowest BCUT2D eigenvalue weighted by Crippen LogP contribution is -2.31. The summed E-state index contributed by atoms with van der Waals surface area (Å²) in [7, 11) is -3.70. The van der Waals surface area contributed by atoms with Gasteiger partial charge in [0, 0.05) is 11.3 Å². The highest BCUT2D eigenvalue weighted by atomic mass is 32.2. The number of carbonyl (C=O) groups is 1. The van der Waals surface area contributed by atoms with Crippen molar-refractivity contribution >= 4 is 21.6 Å². The fraction of sp³-hybridized carbons (Fsp3) is 0.174. The number of hydrogen-bond donors (Lipinski definition) is 2. The van der Waals surface area contributed by atoms with Crippen molar-refractivity contribution in [3.8, 4) is 0 Å². The highest BCUT2D eigenvalue weighted by Gasteiger charge is 2.22. The minimum atomic E-state index is -3.70. The predicted molar refractivity (Wildman–Crippen MR) is 113 cm³/mol. The van der Waals surface area contributed by atoms with Crippen LogP contribution in [0.4, 0.5) is 5.69 Å². The number of aryl methyl sites for hydroxylation is 1. The Bertz CT molecular complexity index is 1130. The lowest BCUT2D eigenvalue weighted by molar-refractivity contribution is 0.0933. The molecule has 0 aliphatic heterocycles. The summed E-state index contributed by atoms with van der Waals surface area (Å²) in [4.78, 5) is 13.0. The molecule has 0 spiro atoms. The second kappa shape index (κ2) is 8.09. The van der Waals surface area contributed by atoms with Crippen LogP contribution in [0.1, 0.15) is 40.4 Å². The molecule has 0 aromatic heterocycles. The van der Waals surface area contributed by atoms with Crippen molar-refractivity contribution < 1.29 is 13.2 Å². The third-order valence-electron chi connectivity index (χ3n) is 5.11. The maximum Gasteiger partial charge on any atom is 0.261 e. The normalized spacial score (nSPS) is 15.9. The first-order chi connectivity index (χ1) is 14.0. The van der Waals surface area contributed by atoms with Crippen LogP contribution in [0.5, 0.6) is 0 Å². The Morgan fingerprint density at radius 1 is 0.897 bits per heavy atom. The molecule has 1 aliphatic carbocycles. The van der Waals surface area contributed by atoms with Gasteiger partial charge in [0.2, 0.25) is 0 Å². The molecule has 0 unspecified atom stereocenters. The van der Waals surface area contributed by atoms with Gasteiger partial charge >= 0.3 is 0 Å². The van der Waals surface area contributed by atoms with Crippen LogP contribution in [0, 0.1) is 0 Å². The van der Waals surface area contributed by atoms with Crippen molar-refractivity contribution in [1.82, 2.24) is 5.32 Å². The summed E-state index contributed by atoms with van der Waals surface area (Å²) in [6.07, 6.45) is 2.95. The van der Waals surface area contributed by atoms with E-state index in [4.69, 9.17) is 0 Å². The lowest BCUT2D eigenvalue weighted by Gasteiger charge is -2.26. The molecule has 0 heterocycles. The number of rotatable bonds is 5. The third-order valence-corrected chi connectivity index (χ3v) is 6.50. The standard InChI is InChI=1S/C23H22N2O3S/c26-23(24-22-15-7-9-17-8-4-5-14-21(17)22)18-10-6-11-19(16-18)25-29(27,28)20-12-2-1-3-13-20/h1-6,8,10-14,16,22,25H,7,9,15H2,(H,24,26)/t22-/m1/s1. The minimum Gasteiger partial charge on any atom is -0.345 e. The summed E-state index contributed by atoms with van der Waals surface area (Å²) in [6, 6.07) is 22.8. The summed E-state index contributed by atoms with van der Waals surface area (Å²) in [5.41, 5.74) is 3.20. The van der Waals surface area contributed by atoms with Crippen molar-refractivity contribution in [1.29, 1.82) is 0 Å². The molecule has 1 aliphatic rings. The van der Waals surface area contributed by atoms with E-state index in [1.165, 1.54) is 17.7 Å². The second-order valence-corrected chi connectivity index (χ2v) is 8.80. The topological polar surface area (TPSA) is 75.3 Å². The van der Waals surface area contributed by atoms with E-state index >= 15 is 0 Å². The molecule has 5 nitrogen and oxygen atoms in total. The number of amides is 1. The van der Waals surface area contributed by atoms with E-state index in [9.17, 15) is 13.2 Å². The van der Waals surface area contributed by atoms with E-state index in [2.05, 4.69) is 22.2 Å². The van der Waals surface area contributed by atoms with E-state index < -0.39 is 10.0 Å². The third kappa shape index (κ3) is 4.32. The van der Waals surface area contributed by atoms with Crippen LogP contribution in [-0.4, -0.2) is 14.3 Å². The SMILES string of the molecule is O=C(N[C@@H]1CCCc2ccccc21)c1cccc(NS(=O)(=O)c2ccccc2)c1. The number of sulfonamides is 1. The number of anilines is 1. The van der Waals surface area contributed by atoms with Crippen molar-refractivity contribution in [2.24, 2.45) is 0 Å². The number of benzene rings is 3. The van der Waals surface area contributed by atoms with E-state index in [1.54, 1.807) is 42.5 Å². The first-order valence-electron chi connectivity index (χ1n) is 9.59. The van der Waals surface area contributed by atoms with Crippen molar-refractivity contribution in [2.75, 3.05) is 4.72 Å². The molecule has 148 valence electrons. The zero-order valence-electron chi connectivity index (χ0n) is 15.8. The molecule has 0 saturated heterocycles. The van der Waals surface area contributed by atoms with Gasteiger partial charge in [0.1, 0.15) is 0 Å². The Morgan fingerprint density at radius 2 is 1.66 bits per heavy atom. The first-order valence-corrected chi connectivity index (χ1v) is 11.1. The van der Waals surface area contributed by atoms with Gasteiger partial charge in [-0.2, -0.15) is 0 Å². The summed E-state index contributed by atoms with van der Waals surface area (Å²) in [5, 5.41) is 3.10. The van der Waals surface area contributed by atoms with Gasteiger partial charge in [-0.3, -0.25) is 9.52 Å². The van der Waals surface area contributed by atoms with Gasteiger partial charge in [0.25, 0.3) is 15.9 Å². The average molecular weight is 407 g/mol. The van der Waals surface area contributed by atoms with Crippen LogP contribution >= 0.6 is 0 Å². The van der Waals surface area contributed by atoms with Crippen LogP contribution in [0.3, 0.4) is 0 Å². The van der Waals surface area contributed by atoms with Crippen LogP contribution < -0.4 is 10.0 Å². The molecular formula is C23H22N2O3S. The summed E-state index contributed by atoms with van der Waals surface area (Å²) in [5.74, 6) is -0.215. The van der Waals surface area contributed by atoms with Crippen LogP contribution in [0.15, 0.2) is 83.8 Å². The number of hydrogen-bond acceptors (Lipinski definition) is 3. The number of carbonyl (C=O) groups excluding carboxylic acids is 1. The van der Waals surface area contributed by atoms with Crippen molar-refractivity contribution in [2.45, 2.75) is 30.2 Å². The minimum absolute atomic E-state index is 0.0304. The predicted octanol–water partition coefficient (Wildman–Crippen LogP) is 4.29. The number of fused-ring (bicyclic) bond motifs is 1. The monoisotopic (exact) mass is 406 g/mol. The maximum atomic E-state index is 12.8. The first kappa shape index (κ1) is 19.2. The fourth-order valence-corrected chi connectivity index (χ4v) is 4.75. The molecule has 0 saturated carbocycles. The van der Waals surface area contributed by atoms with Gasteiger partial charge in [-0.1, -0.05) is 48.5 Å². The summed E-state index contributed by atoms with van der Waals surface area (Å²) < 4.78 is 27.6. The van der Waals surface area contributed by atoms with E-state index in [0.29, 0.717) is 11.3 Å². The molecule has 1 amide bonds. The van der Waals surface area contributed by atoms with Gasteiger partial charge in [-0.25, -0.2) is 8.42 Å². The van der Waals surface area contributed by atoms with Crippen LogP contribution in [0.25, 0.3) is 0 Å². The highest BCUT2D eigenvalue weighted by Crippen LogP contribution is 2.29. The Balaban J connectivity index is 1.51. The fourth-order valence-electron chi connectivity index (χ4n) is 3.68. The van der Waals surface area contributed by atoms with Gasteiger partial charge < -0.3 is 5.32 Å². The Kier molecular flexibility index (Phi) is 5.36. The molecule has 3 aromatic carbocycles. The van der Waals surface area contributed by atoms with Gasteiger partial charge in [0.15, 0.2) is 0 Å². The largest absolute Gasteiger partial charge is 0.345 e. The van der Waals surface area contributed by atoms with E-state index in [0.717, 1.165) is 24.8 Å². The smallest absolute Gasteiger partial charge is 0.261 e. The Hall–Kier alpha value is -3.12. The van der Waals surface area contributed by atoms with Gasteiger partial charge in [-0.05, 0) is 60.7 Å². The zero-order valence-corrected chi connectivity index (χ0v) is 16.7. The van der Waals surface area contributed by atoms with E-state index in [-0.39, 0.29) is 16.8 Å².